The molecular weight excluding hydrogens is 399 g/mol. The van der Waals surface area contributed by atoms with E-state index in [1.807, 2.05) is 5.38 Å². The van der Waals surface area contributed by atoms with Crippen molar-refractivity contribution in [1.82, 2.24) is 9.88 Å². The first-order chi connectivity index (χ1) is 13.6. The van der Waals surface area contributed by atoms with E-state index in [0.717, 1.165) is 18.5 Å². The van der Waals surface area contributed by atoms with Crippen molar-refractivity contribution in [1.29, 1.82) is 0 Å². The Labute approximate surface area is 171 Å². The third-order valence-electron chi connectivity index (χ3n) is 4.61. The number of halogens is 2. The van der Waals surface area contributed by atoms with Gasteiger partial charge in [-0.3, -0.25) is 4.79 Å². The highest BCUT2D eigenvalue weighted by atomic mass is 35.5. The number of amides is 1. The standard InChI is InChI=1S/C21H18ClFN2O2S/c22-19-2-1-3-20(23)18(19)10-25(16-6-7-16)21(26)14-4-8-17(9-5-14)27-11-15-12-28-13-24-15/h1-5,8-9,12-13,16H,6-7,10-11H2. The molecule has 0 radical (unpaired) electrons. The number of rotatable bonds is 7. The molecular formula is C21H18ClFN2O2S. The zero-order chi connectivity index (χ0) is 19.5. The molecule has 0 N–H and O–H groups in total. The van der Waals surface area contributed by atoms with Gasteiger partial charge in [-0.05, 0) is 49.2 Å². The molecule has 0 atom stereocenters. The molecule has 0 aliphatic heterocycles. The van der Waals surface area contributed by atoms with Gasteiger partial charge in [0.1, 0.15) is 18.2 Å². The lowest BCUT2D eigenvalue weighted by Crippen LogP contribution is -2.33. The van der Waals surface area contributed by atoms with Crippen LogP contribution in [0.4, 0.5) is 4.39 Å². The van der Waals surface area contributed by atoms with Crippen LogP contribution in [0.3, 0.4) is 0 Å². The molecule has 1 fully saturated rings. The molecule has 0 unspecified atom stereocenters. The number of ether oxygens (including phenoxy) is 1. The molecule has 2 aromatic carbocycles. The third-order valence-corrected chi connectivity index (χ3v) is 5.60. The highest BCUT2D eigenvalue weighted by molar-refractivity contribution is 7.07. The van der Waals surface area contributed by atoms with Crippen molar-refractivity contribution in [3.05, 3.63) is 81.0 Å². The molecule has 0 spiro atoms. The minimum absolute atomic E-state index is 0.128. The summed E-state index contributed by atoms with van der Waals surface area (Å²) in [5.41, 5.74) is 3.52. The number of hydrogen-bond donors (Lipinski definition) is 0. The van der Waals surface area contributed by atoms with Gasteiger partial charge in [0.05, 0.1) is 17.7 Å². The summed E-state index contributed by atoms with van der Waals surface area (Å²) in [7, 11) is 0. The first-order valence-corrected chi connectivity index (χ1v) is 10.3. The number of hydrogen-bond acceptors (Lipinski definition) is 4. The quantitative estimate of drug-likeness (QED) is 0.523. The van der Waals surface area contributed by atoms with Gasteiger partial charge >= 0.3 is 0 Å². The van der Waals surface area contributed by atoms with Crippen LogP contribution in [0, 0.1) is 5.82 Å². The normalized spacial score (nSPS) is 13.4. The Morgan fingerprint density at radius 3 is 2.68 bits per heavy atom. The topological polar surface area (TPSA) is 42.4 Å². The van der Waals surface area contributed by atoms with Crippen LogP contribution in [0.2, 0.25) is 5.02 Å². The van der Waals surface area contributed by atoms with E-state index in [0.29, 0.717) is 28.5 Å². The SMILES string of the molecule is O=C(c1ccc(OCc2cscn2)cc1)N(Cc1c(F)cccc1Cl)C1CC1. The summed E-state index contributed by atoms with van der Waals surface area (Å²) < 4.78 is 19.9. The molecule has 4 nitrogen and oxygen atoms in total. The second-order valence-corrected chi connectivity index (χ2v) is 7.78. The van der Waals surface area contributed by atoms with Gasteiger partial charge in [-0.15, -0.1) is 11.3 Å². The summed E-state index contributed by atoms with van der Waals surface area (Å²) in [5, 5.41) is 2.27. The molecule has 1 amide bonds. The highest BCUT2D eigenvalue weighted by Crippen LogP contribution is 2.32. The number of carbonyl (C=O) groups excluding carboxylic acids is 1. The largest absolute Gasteiger partial charge is 0.487 e. The molecule has 1 aromatic heterocycles. The second-order valence-electron chi connectivity index (χ2n) is 6.66. The fourth-order valence-corrected chi connectivity index (χ4v) is 3.70. The van der Waals surface area contributed by atoms with Gasteiger partial charge in [0.2, 0.25) is 0 Å². The molecule has 1 heterocycles. The zero-order valence-electron chi connectivity index (χ0n) is 15.0. The lowest BCUT2D eigenvalue weighted by Gasteiger charge is -2.23. The monoisotopic (exact) mass is 416 g/mol. The molecule has 0 saturated heterocycles. The Hall–Kier alpha value is -2.44. The van der Waals surface area contributed by atoms with Crippen LogP contribution in [0.25, 0.3) is 0 Å². The fourth-order valence-electron chi connectivity index (χ4n) is 2.93. The molecule has 1 aliphatic rings. The highest BCUT2D eigenvalue weighted by Gasteiger charge is 2.34. The lowest BCUT2D eigenvalue weighted by atomic mass is 10.1. The predicted octanol–water partition coefficient (Wildman–Crippen LogP) is 5.32. The average molecular weight is 417 g/mol. The summed E-state index contributed by atoms with van der Waals surface area (Å²) in [4.78, 5) is 18.9. The van der Waals surface area contributed by atoms with Gasteiger partial charge in [0, 0.05) is 27.6 Å². The number of nitrogens with zero attached hydrogens (tertiary/aromatic N) is 2. The molecule has 4 rings (SSSR count). The van der Waals surface area contributed by atoms with E-state index >= 15 is 0 Å². The van der Waals surface area contributed by atoms with Crippen molar-refractivity contribution in [3.63, 3.8) is 0 Å². The Kier molecular flexibility index (Phi) is 5.59. The summed E-state index contributed by atoms with van der Waals surface area (Å²) in [5.74, 6) is 0.143. The van der Waals surface area contributed by atoms with Crippen molar-refractivity contribution in [3.8, 4) is 5.75 Å². The van der Waals surface area contributed by atoms with Gasteiger partial charge in [-0.1, -0.05) is 17.7 Å². The van der Waals surface area contributed by atoms with Crippen molar-refractivity contribution in [2.24, 2.45) is 0 Å². The first-order valence-electron chi connectivity index (χ1n) is 8.95. The van der Waals surface area contributed by atoms with Crippen molar-refractivity contribution in [2.45, 2.75) is 32.0 Å². The number of thiazole rings is 1. The number of carbonyl (C=O) groups is 1. The van der Waals surface area contributed by atoms with Gasteiger partial charge in [0.15, 0.2) is 0 Å². The first kappa shape index (κ1) is 18.9. The van der Waals surface area contributed by atoms with Crippen LogP contribution in [0.15, 0.2) is 53.4 Å². The van der Waals surface area contributed by atoms with E-state index in [4.69, 9.17) is 16.3 Å². The zero-order valence-corrected chi connectivity index (χ0v) is 16.5. The van der Waals surface area contributed by atoms with Crippen LogP contribution in [0.1, 0.15) is 34.5 Å². The maximum Gasteiger partial charge on any atom is 0.254 e. The molecule has 28 heavy (non-hydrogen) atoms. The summed E-state index contributed by atoms with van der Waals surface area (Å²) >= 11 is 7.67. The molecule has 1 aliphatic carbocycles. The van der Waals surface area contributed by atoms with Crippen LogP contribution in [0.5, 0.6) is 5.75 Å². The Bertz CT molecular complexity index is 939. The maximum atomic E-state index is 14.2. The van der Waals surface area contributed by atoms with E-state index in [-0.39, 0.29) is 18.5 Å². The summed E-state index contributed by atoms with van der Waals surface area (Å²) in [6.07, 6.45) is 1.85. The molecule has 3 aromatic rings. The van der Waals surface area contributed by atoms with Crippen molar-refractivity contribution < 1.29 is 13.9 Å². The van der Waals surface area contributed by atoms with Crippen LogP contribution >= 0.6 is 22.9 Å². The molecule has 0 bridgehead atoms. The van der Waals surface area contributed by atoms with E-state index in [1.165, 1.54) is 17.4 Å². The van der Waals surface area contributed by atoms with Crippen LogP contribution in [-0.4, -0.2) is 21.8 Å². The van der Waals surface area contributed by atoms with E-state index in [2.05, 4.69) is 4.98 Å². The van der Waals surface area contributed by atoms with E-state index in [1.54, 1.807) is 46.8 Å². The van der Waals surface area contributed by atoms with Crippen LogP contribution in [-0.2, 0) is 13.2 Å². The molecule has 7 heteroatoms. The minimum Gasteiger partial charge on any atom is -0.487 e. The Morgan fingerprint density at radius 1 is 1.25 bits per heavy atom. The Morgan fingerprint density at radius 2 is 2.04 bits per heavy atom. The van der Waals surface area contributed by atoms with E-state index < -0.39 is 5.82 Å². The molecule has 144 valence electrons. The smallest absolute Gasteiger partial charge is 0.254 e. The summed E-state index contributed by atoms with van der Waals surface area (Å²) in [6.45, 7) is 0.549. The Balaban J connectivity index is 1.46. The van der Waals surface area contributed by atoms with Gasteiger partial charge in [-0.25, -0.2) is 9.37 Å². The third kappa shape index (κ3) is 4.34. The van der Waals surface area contributed by atoms with Crippen LogP contribution < -0.4 is 4.74 Å². The lowest BCUT2D eigenvalue weighted by molar-refractivity contribution is 0.0728. The van der Waals surface area contributed by atoms with Gasteiger partial charge < -0.3 is 9.64 Å². The maximum absolute atomic E-state index is 14.2. The fraction of sp³-hybridized carbons (Fsp3) is 0.238. The van der Waals surface area contributed by atoms with Crippen molar-refractivity contribution >= 4 is 28.8 Å². The number of aromatic nitrogens is 1. The van der Waals surface area contributed by atoms with Gasteiger partial charge in [0.25, 0.3) is 5.91 Å². The minimum atomic E-state index is -0.392. The predicted molar refractivity (Wildman–Crippen MR) is 107 cm³/mol. The summed E-state index contributed by atoms with van der Waals surface area (Å²) in [6, 6.07) is 11.7. The second kappa shape index (κ2) is 8.29. The average Bonchev–Trinajstić information content (AvgIpc) is 3.40. The van der Waals surface area contributed by atoms with Crippen molar-refractivity contribution in [2.75, 3.05) is 0 Å². The number of benzene rings is 2. The van der Waals surface area contributed by atoms with Gasteiger partial charge in [-0.2, -0.15) is 0 Å². The van der Waals surface area contributed by atoms with E-state index in [9.17, 15) is 9.18 Å². The molecule has 1 saturated carbocycles.